The predicted octanol–water partition coefficient (Wildman–Crippen LogP) is 3.28. The van der Waals surface area contributed by atoms with Gasteiger partial charge in [-0.25, -0.2) is 27.9 Å². The van der Waals surface area contributed by atoms with E-state index in [0.717, 1.165) is 5.69 Å². The number of benzene rings is 2. The molecule has 36 heavy (non-hydrogen) atoms. The van der Waals surface area contributed by atoms with Gasteiger partial charge in [0.2, 0.25) is 10.0 Å². The van der Waals surface area contributed by atoms with Crippen molar-refractivity contribution in [3.63, 3.8) is 0 Å². The van der Waals surface area contributed by atoms with E-state index < -0.39 is 22.2 Å². The number of hydrogen-bond acceptors (Lipinski definition) is 9. The van der Waals surface area contributed by atoms with Gasteiger partial charge in [0.15, 0.2) is 11.5 Å². The monoisotopic (exact) mass is 527 g/mol. The Kier molecular flexibility index (Phi) is 8.16. The number of nitrogens with zero attached hydrogens (tertiary/aromatic N) is 2. The van der Waals surface area contributed by atoms with Gasteiger partial charge in [0.1, 0.15) is 31.2 Å². The molecule has 1 aromatic heterocycles. The van der Waals surface area contributed by atoms with Gasteiger partial charge >= 0.3 is 12.1 Å². The van der Waals surface area contributed by atoms with E-state index in [9.17, 15) is 21.6 Å². The van der Waals surface area contributed by atoms with E-state index in [4.69, 9.17) is 19.4 Å². The minimum Gasteiger partial charge on any atom is -0.486 e. The van der Waals surface area contributed by atoms with E-state index in [1.165, 1.54) is 25.5 Å². The average Bonchev–Trinajstić information content (AvgIpc) is 2.84. The smallest absolute Gasteiger partial charge is 0.486 e. The zero-order valence-corrected chi connectivity index (χ0v) is 19.4. The lowest BCUT2D eigenvalue weighted by Crippen LogP contribution is -2.21. The van der Waals surface area contributed by atoms with Crippen LogP contribution >= 0.6 is 0 Å². The standard InChI is InChI=1S/C19H19N5O4S.C2HF3O2/c1-20-29(25,26)15-4-2-3-13(9-15)23-18-11-19(22-12-21-18)24-14-5-6-16-17(10-14)28-8-7-27-16;3-2(4,5)1(6)7/h2-6,9-12,20H,7-8H2,1H3,(H2,21,22,23,24);(H,6,7). The molecule has 0 amide bonds. The van der Waals surface area contributed by atoms with Crippen LogP contribution in [-0.2, 0) is 14.8 Å². The first-order valence-electron chi connectivity index (χ1n) is 10.1. The quantitative estimate of drug-likeness (QED) is 0.376. The van der Waals surface area contributed by atoms with Crippen molar-refractivity contribution in [2.24, 2.45) is 0 Å². The summed E-state index contributed by atoms with van der Waals surface area (Å²) in [6.07, 6.45) is -3.67. The van der Waals surface area contributed by atoms with Gasteiger partial charge in [0.25, 0.3) is 0 Å². The van der Waals surface area contributed by atoms with Crippen molar-refractivity contribution in [3.05, 3.63) is 54.9 Å². The van der Waals surface area contributed by atoms with Crippen molar-refractivity contribution in [2.75, 3.05) is 30.9 Å². The van der Waals surface area contributed by atoms with Crippen molar-refractivity contribution in [3.8, 4) is 11.5 Å². The molecule has 0 unspecified atom stereocenters. The molecule has 0 aliphatic carbocycles. The third kappa shape index (κ3) is 7.19. The number of hydrogen-bond donors (Lipinski definition) is 4. The molecule has 192 valence electrons. The molecule has 2 aromatic carbocycles. The van der Waals surface area contributed by atoms with E-state index in [1.807, 2.05) is 18.2 Å². The molecular formula is C21H20F3N5O6S. The minimum atomic E-state index is -5.08. The molecule has 0 fully saturated rings. The Morgan fingerprint density at radius 3 is 2.11 bits per heavy atom. The van der Waals surface area contributed by atoms with Crippen molar-refractivity contribution < 1.29 is 41.0 Å². The number of sulfonamides is 1. The summed E-state index contributed by atoms with van der Waals surface area (Å²) in [7, 11) is -2.16. The third-order valence-corrected chi connectivity index (χ3v) is 5.82. The van der Waals surface area contributed by atoms with Gasteiger partial charge in [0.05, 0.1) is 4.90 Å². The number of aliphatic carboxylic acids is 1. The van der Waals surface area contributed by atoms with Gasteiger partial charge in [0, 0.05) is 23.5 Å². The van der Waals surface area contributed by atoms with Crippen LogP contribution in [0.25, 0.3) is 0 Å². The maximum Gasteiger partial charge on any atom is 0.490 e. The Hall–Kier alpha value is -4.11. The number of nitrogens with one attached hydrogen (secondary N) is 3. The molecule has 4 rings (SSSR count). The fourth-order valence-corrected chi connectivity index (χ4v) is 3.55. The highest BCUT2D eigenvalue weighted by Gasteiger charge is 2.38. The SMILES string of the molecule is CNS(=O)(=O)c1cccc(Nc2cc(Nc3ccc4c(c3)OCCO4)ncn2)c1.O=C(O)C(F)(F)F. The molecule has 4 N–H and O–H groups in total. The van der Waals surface area contributed by atoms with Gasteiger partial charge < -0.3 is 25.2 Å². The van der Waals surface area contributed by atoms with E-state index >= 15 is 0 Å². The number of halogens is 3. The summed E-state index contributed by atoms with van der Waals surface area (Å²) >= 11 is 0. The predicted molar refractivity (Wildman–Crippen MR) is 122 cm³/mol. The van der Waals surface area contributed by atoms with E-state index in [2.05, 4.69) is 25.3 Å². The molecule has 0 atom stereocenters. The van der Waals surface area contributed by atoms with Gasteiger partial charge in [-0.3, -0.25) is 0 Å². The summed E-state index contributed by atoms with van der Waals surface area (Å²) in [5, 5.41) is 13.4. The summed E-state index contributed by atoms with van der Waals surface area (Å²) in [5.41, 5.74) is 1.38. The summed E-state index contributed by atoms with van der Waals surface area (Å²) in [6.45, 7) is 1.05. The van der Waals surface area contributed by atoms with Crippen LogP contribution in [0.4, 0.5) is 36.2 Å². The maximum atomic E-state index is 12.0. The second kappa shape index (κ2) is 11.1. The summed E-state index contributed by atoms with van der Waals surface area (Å²) < 4.78 is 69.1. The third-order valence-electron chi connectivity index (χ3n) is 4.41. The lowest BCUT2D eigenvalue weighted by molar-refractivity contribution is -0.192. The molecule has 0 bridgehead atoms. The van der Waals surface area contributed by atoms with Crippen LogP contribution in [0.3, 0.4) is 0 Å². The number of carboxylic acids is 1. The molecular weight excluding hydrogens is 507 g/mol. The molecule has 0 saturated heterocycles. The largest absolute Gasteiger partial charge is 0.490 e. The van der Waals surface area contributed by atoms with Crippen LogP contribution in [0.2, 0.25) is 0 Å². The number of alkyl halides is 3. The fraction of sp³-hybridized carbons (Fsp3) is 0.190. The first-order valence-corrected chi connectivity index (χ1v) is 11.6. The Bertz CT molecular complexity index is 1340. The van der Waals surface area contributed by atoms with E-state index in [-0.39, 0.29) is 4.90 Å². The summed E-state index contributed by atoms with van der Waals surface area (Å²) in [4.78, 5) is 17.5. The van der Waals surface area contributed by atoms with Crippen molar-refractivity contribution in [2.45, 2.75) is 11.1 Å². The molecule has 0 saturated carbocycles. The highest BCUT2D eigenvalue weighted by atomic mass is 32.2. The highest BCUT2D eigenvalue weighted by Crippen LogP contribution is 2.33. The summed E-state index contributed by atoms with van der Waals surface area (Å²) in [6, 6.07) is 13.7. The van der Waals surface area contributed by atoms with Crippen LogP contribution in [0, 0.1) is 0 Å². The molecule has 11 nitrogen and oxygen atoms in total. The zero-order chi connectivity index (χ0) is 26.3. The number of anilines is 4. The molecule has 0 radical (unpaired) electrons. The Balaban J connectivity index is 0.000000454. The van der Waals surface area contributed by atoms with Crippen molar-refractivity contribution >= 4 is 39.0 Å². The van der Waals surface area contributed by atoms with Gasteiger partial charge in [-0.1, -0.05) is 6.07 Å². The number of ether oxygens (including phenoxy) is 2. The lowest BCUT2D eigenvalue weighted by Gasteiger charge is -2.19. The number of rotatable bonds is 6. The van der Waals surface area contributed by atoms with Gasteiger partial charge in [-0.15, -0.1) is 0 Å². The van der Waals surface area contributed by atoms with E-state index in [0.29, 0.717) is 42.0 Å². The van der Waals surface area contributed by atoms with Crippen LogP contribution in [0.5, 0.6) is 11.5 Å². The molecule has 15 heteroatoms. The highest BCUT2D eigenvalue weighted by molar-refractivity contribution is 7.89. The average molecular weight is 527 g/mol. The van der Waals surface area contributed by atoms with E-state index in [1.54, 1.807) is 18.2 Å². The number of carboxylic acid groups (broad SMARTS) is 1. The second-order valence-corrected chi connectivity index (χ2v) is 8.82. The van der Waals surface area contributed by atoms with Crippen LogP contribution in [-0.4, -0.2) is 55.9 Å². The molecule has 0 spiro atoms. The number of carbonyl (C=O) groups is 1. The molecule has 2 heterocycles. The second-order valence-electron chi connectivity index (χ2n) is 6.94. The van der Waals surface area contributed by atoms with Crippen LogP contribution in [0.1, 0.15) is 0 Å². The number of fused-ring (bicyclic) bond motifs is 1. The first kappa shape index (κ1) is 26.5. The Labute approximate surface area is 203 Å². The van der Waals surface area contributed by atoms with Crippen molar-refractivity contribution in [1.29, 1.82) is 0 Å². The van der Waals surface area contributed by atoms with Crippen LogP contribution in [0.15, 0.2) is 59.8 Å². The minimum absolute atomic E-state index is 0.161. The normalized spacial score (nSPS) is 12.7. The lowest BCUT2D eigenvalue weighted by atomic mass is 10.2. The maximum absolute atomic E-state index is 12.0. The molecule has 1 aliphatic rings. The number of aromatic nitrogens is 2. The van der Waals surface area contributed by atoms with Gasteiger partial charge in [-0.2, -0.15) is 13.2 Å². The zero-order valence-electron chi connectivity index (χ0n) is 18.5. The topological polar surface area (TPSA) is 152 Å². The molecule has 1 aliphatic heterocycles. The van der Waals surface area contributed by atoms with Crippen LogP contribution < -0.4 is 24.8 Å². The van der Waals surface area contributed by atoms with Crippen molar-refractivity contribution in [1.82, 2.24) is 14.7 Å². The fourth-order valence-electron chi connectivity index (χ4n) is 2.77. The van der Waals surface area contributed by atoms with Gasteiger partial charge in [-0.05, 0) is 37.4 Å². The Morgan fingerprint density at radius 1 is 0.944 bits per heavy atom. The first-order chi connectivity index (χ1) is 17.0. The Morgan fingerprint density at radius 2 is 1.53 bits per heavy atom. The molecule has 3 aromatic rings. The summed E-state index contributed by atoms with van der Waals surface area (Å²) in [5.74, 6) is -0.288.